The number of hydrogen-bond donors (Lipinski definition) is 1. The van der Waals surface area contributed by atoms with Gasteiger partial charge in [0.05, 0.1) is 12.2 Å². The minimum Gasteiger partial charge on any atom is -0.485 e. The molecule has 1 N–H and O–H groups in total. The van der Waals surface area contributed by atoms with Crippen LogP contribution in [-0.4, -0.2) is 29.1 Å². The third kappa shape index (κ3) is 2.13. The van der Waals surface area contributed by atoms with Gasteiger partial charge in [0.25, 0.3) is 0 Å². The van der Waals surface area contributed by atoms with Crippen LogP contribution in [0.25, 0.3) is 0 Å². The summed E-state index contributed by atoms with van der Waals surface area (Å²) in [7, 11) is 0. The van der Waals surface area contributed by atoms with Crippen LogP contribution in [-0.2, 0) is 19.1 Å². The van der Waals surface area contributed by atoms with Crippen LogP contribution in [0.2, 0.25) is 0 Å². The van der Waals surface area contributed by atoms with Crippen LogP contribution in [0.4, 0.5) is 0 Å². The van der Waals surface area contributed by atoms with E-state index in [1.54, 1.807) is 31.2 Å². The predicted molar refractivity (Wildman–Crippen MR) is 77.7 cm³/mol. The fourth-order valence-electron chi connectivity index (χ4n) is 3.10. The van der Waals surface area contributed by atoms with E-state index in [0.717, 1.165) is 0 Å². The monoisotopic (exact) mass is 302 g/mol. The molecule has 1 aliphatic heterocycles. The van der Waals surface area contributed by atoms with Gasteiger partial charge in [0.15, 0.2) is 11.9 Å². The van der Waals surface area contributed by atoms with E-state index in [4.69, 9.17) is 9.47 Å². The molecule has 0 unspecified atom stereocenters. The first kappa shape index (κ1) is 14.8. The fraction of sp³-hybridized carbons (Fsp3) is 0.412. The largest absolute Gasteiger partial charge is 0.485 e. The number of aliphatic hydroxyl groups is 1. The summed E-state index contributed by atoms with van der Waals surface area (Å²) in [5, 5.41) is 11.1. The lowest BCUT2D eigenvalue weighted by Crippen LogP contribution is -2.47. The Morgan fingerprint density at radius 3 is 2.77 bits per heavy atom. The molecular formula is C17H18O5. The summed E-state index contributed by atoms with van der Waals surface area (Å²) in [6, 6.07) is 8.95. The van der Waals surface area contributed by atoms with Gasteiger partial charge in [0, 0.05) is 12.8 Å². The topological polar surface area (TPSA) is 72.8 Å². The second-order valence-corrected chi connectivity index (χ2v) is 5.47. The molecule has 0 saturated heterocycles. The van der Waals surface area contributed by atoms with E-state index in [9.17, 15) is 14.7 Å². The summed E-state index contributed by atoms with van der Waals surface area (Å²) in [6.07, 6.45) is 0.579. The minimum atomic E-state index is -2.07. The molecule has 0 fully saturated rings. The lowest BCUT2D eigenvalue weighted by atomic mass is 9.80. The van der Waals surface area contributed by atoms with Gasteiger partial charge in [0.1, 0.15) is 5.76 Å². The molecule has 5 heteroatoms. The van der Waals surface area contributed by atoms with Crippen molar-refractivity contribution < 1.29 is 24.2 Å². The summed E-state index contributed by atoms with van der Waals surface area (Å²) in [5.41, 5.74) is -1.35. The first-order chi connectivity index (χ1) is 10.6. The zero-order chi connectivity index (χ0) is 15.7. The number of benzene rings is 1. The molecule has 0 radical (unpaired) electrons. The van der Waals surface area contributed by atoms with Crippen molar-refractivity contribution in [2.75, 3.05) is 6.61 Å². The molecule has 2 atom stereocenters. The SMILES string of the molecule is CCOC(=O)[C@@]1(O)C2=C(CCCC2=O)O[C@@H]1c1ccccc1. The zero-order valence-electron chi connectivity index (χ0n) is 12.4. The first-order valence-electron chi connectivity index (χ1n) is 7.47. The van der Waals surface area contributed by atoms with Crippen LogP contribution in [0.15, 0.2) is 41.7 Å². The summed E-state index contributed by atoms with van der Waals surface area (Å²) >= 11 is 0. The van der Waals surface area contributed by atoms with Gasteiger partial charge in [-0.25, -0.2) is 4.79 Å². The highest BCUT2D eigenvalue weighted by Gasteiger charge is 2.59. The predicted octanol–water partition coefficient (Wildman–Crippen LogP) is 2.06. The smallest absolute Gasteiger partial charge is 0.347 e. The molecule has 0 bridgehead atoms. The lowest BCUT2D eigenvalue weighted by Gasteiger charge is -2.28. The Morgan fingerprint density at radius 1 is 1.36 bits per heavy atom. The molecule has 3 rings (SSSR count). The van der Waals surface area contributed by atoms with Crippen LogP contribution in [0.1, 0.15) is 37.9 Å². The molecule has 1 aliphatic carbocycles. The molecule has 0 spiro atoms. The third-order valence-corrected chi connectivity index (χ3v) is 4.08. The Bertz CT molecular complexity index is 634. The third-order valence-electron chi connectivity index (χ3n) is 4.08. The molecule has 1 heterocycles. The van der Waals surface area contributed by atoms with Gasteiger partial charge in [-0.2, -0.15) is 0 Å². The van der Waals surface area contributed by atoms with Gasteiger partial charge in [-0.1, -0.05) is 30.3 Å². The number of allylic oxidation sites excluding steroid dienone is 1. The van der Waals surface area contributed by atoms with Gasteiger partial charge in [-0.3, -0.25) is 4.79 Å². The second-order valence-electron chi connectivity index (χ2n) is 5.47. The molecule has 2 aliphatic rings. The molecule has 1 aromatic rings. The van der Waals surface area contributed by atoms with E-state index in [0.29, 0.717) is 30.6 Å². The number of ether oxygens (including phenoxy) is 2. The van der Waals surface area contributed by atoms with Crippen molar-refractivity contribution >= 4 is 11.8 Å². The van der Waals surface area contributed by atoms with E-state index >= 15 is 0 Å². The van der Waals surface area contributed by atoms with E-state index in [-0.39, 0.29) is 18.0 Å². The van der Waals surface area contributed by atoms with Gasteiger partial charge in [-0.15, -0.1) is 0 Å². The molecule has 22 heavy (non-hydrogen) atoms. The van der Waals surface area contributed by atoms with Crippen molar-refractivity contribution in [3.63, 3.8) is 0 Å². The van der Waals surface area contributed by atoms with Crippen molar-refractivity contribution in [1.29, 1.82) is 0 Å². The van der Waals surface area contributed by atoms with Gasteiger partial charge in [-0.05, 0) is 18.9 Å². The standard InChI is InChI=1S/C17H18O5/c1-2-21-16(19)17(20)14-12(18)9-6-10-13(14)22-15(17)11-7-4-3-5-8-11/h3-5,7-8,15,20H,2,6,9-10H2,1H3/t15-,17-/m1/s1. The van der Waals surface area contributed by atoms with Crippen molar-refractivity contribution in [1.82, 2.24) is 0 Å². The molecule has 116 valence electrons. The number of hydrogen-bond acceptors (Lipinski definition) is 5. The maximum atomic E-state index is 12.4. The van der Waals surface area contributed by atoms with Crippen LogP contribution in [0.3, 0.4) is 0 Å². The highest BCUT2D eigenvalue weighted by molar-refractivity contribution is 6.06. The number of Topliss-reactive ketones (excluding diaryl/α,β-unsaturated/α-hetero) is 1. The Morgan fingerprint density at radius 2 is 2.09 bits per heavy atom. The Balaban J connectivity index is 2.09. The summed E-state index contributed by atoms with van der Waals surface area (Å²) < 4.78 is 10.8. The number of carbonyl (C=O) groups is 2. The fourth-order valence-corrected chi connectivity index (χ4v) is 3.10. The highest BCUT2D eigenvalue weighted by atomic mass is 16.6. The van der Waals surface area contributed by atoms with Crippen molar-refractivity contribution in [2.45, 2.75) is 37.9 Å². The molecular weight excluding hydrogens is 284 g/mol. The zero-order valence-corrected chi connectivity index (χ0v) is 12.4. The molecule has 0 aromatic heterocycles. The van der Waals surface area contributed by atoms with Crippen molar-refractivity contribution in [3.8, 4) is 0 Å². The number of esters is 1. The molecule has 0 saturated carbocycles. The summed E-state index contributed by atoms with van der Waals surface area (Å²) in [6.45, 7) is 1.78. The maximum absolute atomic E-state index is 12.4. The molecule has 1 aromatic carbocycles. The average molecular weight is 302 g/mol. The van der Waals surface area contributed by atoms with Gasteiger partial charge in [0.2, 0.25) is 5.60 Å². The Hall–Kier alpha value is -2.14. The average Bonchev–Trinajstić information content (AvgIpc) is 2.84. The van der Waals surface area contributed by atoms with Crippen LogP contribution >= 0.6 is 0 Å². The van der Waals surface area contributed by atoms with E-state index in [2.05, 4.69) is 0 Å². The number of ketones is 1. The van der Waals surface area contributed by atoms with Crippen molar-refractivity contribution in [2.24, 2.45) is 0 Å². The van der Waals surface area contributed by atoms with Crippen LogP contribution in [0, 0.1) is 0 Å². The van der Waals surface area contributed by atoms with Gasteiger partial charge >= 0.3 is 5.97 Å². The Kier molecular flexibility index (Phi) is 3.74. The minimum absolute atomic E-state index is 0.0750. The van der Waals surface area contributed by atoms with Crippen LogP contribution in [0.5, 0.6) is 0 Å². The normalized spacial score (nSPS) is 27.4. The van der Waals surface area contributed by atoms with E-state index in [1.807, 2.05) is 6.07 Å². The van der Waals surface area contributed by atoms with Gasteiger partial charge < -0.3 is 14.6 Å². The molecule has 5 nitrogen and oxygen atoms in total. The second kappa shape index (κ2) is 5.57. The summed E-state index contributed by atoms with van der Waals surface area (Å²) in [5.74, 6) is -0.653. The number of carbonyl (C=O) groups excluding carboxylic acids is 2. The Labute approximate surface area is 128 Å². The quantitative estimate of drug-likeness (QED) is 0.865. The maximum Gasteiger partial charge on any atom is 0.347 e. The van der Waals surface area contributed by atoms with E-state index in [1.165, 1.54) is 0 Å². The van der Waals surface area contributed by atoms with E-state index < -0.39 is 17.7 Å². The number of rotatable bonds is 3. The first-order valence-corrected chi connectivity index (χ1v) is 7.47. The van der Waals surface area contributed by atoms with Crippen LogP contribution < -0.4 is 0 Å². The van der Waals surface area contributed by atoms with Crippen molar-refractivity contribution in [3.05, 3.63) is 47.2 Å². The molecule has 0 amide bonds. The lowest BCUT2D eigenvalue weighted by molar-refractivity contribution is -0.169. The summed E-state index contributed by atoms with van der Waals surface area (Å²) in [4.78, 5) is 24.7. The highest BCUT2D eigenvalue weighted by Crippen LogP contribution is 2.48.